The number of nitrogens with one attached hydrogen (secondary N) is 1. The van der Waals surface area contributed by atoms with E-state index in [2.05, 4.69) is 16.5 Å². The monoisotopic (exact) mass is 361 g/mol. The van der Waals surface area contributed by atoms with Gasteiger partial charge in [-0.1, -0.05) is 37.5 Å². The molecule has 0 atom stereocenters. The Hall–Kier alpha value is 0.980. The maximum atomic E-state index is 11.8. The summed E-state index contributed by atoms with van der Waals surface area (Å²) in [5, 5.41) is 3.10. The van der Waals surface area contributed by atoms with Gasteiger partial charge in [-0.05, 0) is 36.2 Å². The molecule has 1 N–H and O–H groups in total. The molecule has 5 nitrogen and oxygen atoms in total. The van der Waals surface area contributed by atoms with Crippen LogP contribution in [0.5, 0.6) is 0 Å². The van der Waals surface area contributed by atoms with E-state index in [1.54, 1.807) is 0 Å². The summed E-state index contributed by atoms with van der Waals surface area (Å²) < 4.78 is 26.7. The Kier molecular flexibility index (Phi) is 15.2. The molecule has 0 bridgehead atoms. The predicted molar refractivity (Wildman–Crippen MR) is 77.8 cm³/mol. The van der Waals surface area contributed by atoms with Crippen molar-refractivity contribution in [1.29, 1.82) is 0 Å². The van der Waals surface area contributed by atoms with Crippen molar-refractivity contribution in [2.75, 3.05) is 0 Å². The molecule has 0 unspecified atom stereocenters. The van der Waals surface area contributed by atoms with Crippen LogP contribution in [0.25, 0.3) is 0 Å². The second-order valence-corrected chi connectivity index (χ2v) is 6.62. The molecule has 22 heavy (non-hydrogen) atoms. The molecule has 9 heteroatoms. The number of carbonyl (C=O) groups excluding carboxylic acids is 1. The van der Waals surface area contributed by atoms with Crippen LogP contribution < -0.4 is 64.4 Å². The summed E-state index contributed by atoms with van der Waals surface area (Å²) in [5.41, 5.74) is 0.767. The second-order valence-electron chi connectivity index (χ2n) is 4.58. The van der Waals surface area contributed by atoms with Gasteiger partial charge < -0.3 is 14.4 Å². The standard InChI is InChI=1S/C13H17NO.2Na.H2O3S2/c15-13(11-7-3-1-4-8-11)14-12-9-5-2-6-10-12;;;1-5(2,3)4/h1,3-4,7-8,12H,2,5-6,9-10H2,(H,14,15);;;(H2,1,2,3,4)/q;2*+1;/p-2. The van der Waals surface area contributed by atoms with Gasteiger partial charge in [0.2, 0.25) is 0 Å². The first-order valence-corrected chi connectivity index (χ1v) is 8.72. The fourth-order valence-electron chi connectivity index (χ4n) is 2.11. The predicted octanol–water partition coefficient (Wildman–Crippen LogP) is -4.25. The zero-order chi connectivity index (χ0) is 15.0. The quantitative estimate of drug-likeness (QED) is 0.539. The molecule has 1 aromatic rings. The summed E-state index contributed by atoms with van der Waals surface area (Å²) in [6, 6.07) is 9.84. The summed E-state index contributed by atoms with van der Waals surface area (Å²) in [7, 11) is -4.33. The largest absolute Gasteiger partial charge is 1.00 e. The van der Waals surface area contributed by atoms with Crippen molar-refractivity contribution in [3.05, 3.63) is 35.9 Å². The molecule has 0 aliphatic heterocycles. The van der Waals surface area contributed by atoms with Crippen LogP contribution in [0.4, 0.5) is 0 Å². The number of amides is 1. The molecule has 0 aromatic heterocycles. The molecule has 1 aliphatic carbocycles. The maximum Gasteiger partial charge on any atom is 1.00 e. The van der Waals surface area contributed by atoms with Gasteiger partial charge >= 0.3 is 59.1 Å². The fourth-order valence-corrected chi connectivity index (χ4v) is 2.11. The molecule has 0 heterocycles. The van der Waals surface area contributed by atoms with E-state index >= 15 is 0 Å². The Morgan fingerprint density at radius 3 is 2.00 bits per heavy atom. The van der Waals surface area contributed by atoms with Gasteiger partial charge in [0.15, 0.2) is 0 Å². The number of benzene rings is 1. The van der Waals surface area contributed by atoms with Gasteiger partial charge in [0.1, 0.15) is 0 Å². The molecule has 2 rings (SSSR count). The molecule has 1 aromatic carbocycles. The summed E-state index contributed by atoms with van der Waals surface area (Å²) in [5.74, 6) is 0.0718. The third-order valence-corrected chi connectivity index (χ3v) is 2.98. The van der Waals surface area contributed by atoms with Crippen LogP contribution in [0.2, 0.25) is 0 Å². The van der Waals surface area contributed by atoms with Gasteiger partial charge in [-0.25, -0.2) is 0 Å². The van der Waals surface area contributed by atoms with Crippen molar-refractivity contribution in [3.8, 4) is 0 Å². The minimum atomic E-state index is -4.33. The van der Waals surface area contributed by atoms with E-state index in [0.29, 0.717) is 6.04 Å². The van der Waals surface area contributed by atoms with Gasteiger partial charge in [-0.2, -0.15) is 0 Å². The molecule has 0 saturated heterocycles. The van der Waals surface area contributed by atoms with Crippen LogP contribution in [0.3, 0.4) is 0 Å². The van der Waals surface area contributed by atoms with Crippen LogP contribution >= 0.6 is 0 Å². The zero-order valence-corrected chi connectivity index (χ0v) is 18.6. The summed E-state index contributed by atoms with van der Waals surface area (Å²) in [6.07, 6.45) is 6.09. The number of hydrogen-bond donors (Lipinski definition) is 1. The third-order valence-electron chi connectivity index (χ3n) is 2.98. The van der Waals surface area contributed by atoms with Gasteiger partial charge in [-0.15, -0.1) is 9.05 Å². The van der Waals surface area contributed by atoms with E-state index in [1.165, 1.54) is 19.3 Å². The number of carbonyl (C=O) groups is 1. The van der Waals surface area contributed by atoms with Crippen molar-refractivity contribution in [1.82, 2.24) is 5.32 Å². The molecular formula is C13H17NNa2O4S2. The van der Waals surface area contributed by atoms with Gasteiger partial charge in [-0.3, -0.25) is 9.00 Å². The minimum absolute atomic E-state index is 0. The third kappa shape index (κ3) is 13.4. The smallest absolute Gasteiger partial charge is 0.780 e. The van der Waals surface area contributed by atoms with Crippen LogP contribution in [0.1, 0.15) is 42.5 Å². The molecule has 0 spiro atoms. The maximum absolute atomic E-state index is 11.8. The minimum Gasteiger partial charge on any atom is -0.780 e. The average molecular weight is 361 g/mol. The number of rotatable bonds is 2. The van der Waals surface area contributed by atoms with Gasteiger partial charge in [0, 0.05) is 11.6 Å². The van der Waals surface area contributed by atoms with E-state index in [9.17, 15) is 4.79 Å². The molecule has 112 valence electrons. The molecule has 1 fully saturated rings. The molecular weight excluding hydrogens is 344 g/mol. The van der Waals surface area contributed by atoms with Crippen molar-refractivity contribution in [2.45, 2.75) is 38.1 Å². The fraction of sp³-hybridized carbons (Fsp3) is 0.462. The average Bonchev–Trinajstić information content (AvgIpc) is 2.39. The Morgan fingerprint density at radius 1 is 1.09 bits per heavy atom. The topological polar surface area (TPSA) is 92.3 Å². The second kappa shape index (κ2) is 13.3. The van der Waals surface area contributed by atoms with E-state index in [-0.39, 0.29) is 65.0 Å². The molecule has 0 radical (unpaired) electrons. The van der Waals surface area contributed by atoms with Crippen molar-refractivity contribution < 1.29 is 77.2 Å². The molecule has 1 saturated carbocycles. The summed E-state index contributed by atoms with van der Waals surface area (Å²) in [4.78, 5) is 11.8. The van der Waals surface area contributed by atoms with Crippen LogP contribution in [-0.2, 0) is 20.2 Å². The van der Waals surface area contributed by atoms with Gasteiger partial charge in [0.05, 0.1) is 0 Å². The van der Waals surface area contributed by atoms with E-state index in [0.717, 1.165) is 18.4 Å². The van der Waals surface area contributed by atoms with Crippen LogP contribution in [0.15, 0.2) is 30.3 Å². The Labute approximate surface area is 180 Å². The van der Waals surface area contributed by atoms with Crippen molar-refractivity contribution in [3.63, 3.8) is 0 Å². The molecule has 1 amide bonds. The van der Waals surface area contributed by atoms with E-state index in [4.69, 9.17) is 13.3 Å². The first kappa shape index (κ1) is 25.2. The van der Waals surface area contributed by atoms with E-state index < -0.39 is 9.05 Å². The summed E-state index contributed by atoms with van der Waals surface area (Å²) in [6.45, 7) is 0. The van der Waals surface area contributed by atoms with Crippen LogP contribution in [-0.4, -0.2) is 25.3 Å². The Morgan fingerprint density at radius 2 is 1.55 bits per heavy atom. The van der Waals surface area contributed by atoms with E-state index in [1.807, 2.05) is 30.3 Å². The first-order chi connectivity index (χ1) is 9.36. The SMILES string of the molecule is O=C(NC1CCCCC1)c1ccccc1.O=S([O-])([O-])=S.[Na+].[Na+]. The molecule has 1 aliphatic rings. The van der Waals surface area contributed by atoms with Crippen molar-refractivity contribution in [2.24, 2.45) is 0 Å². The first-order valence-electron chi connectivity index (χ1n) is 6.39. The zero-order valence-electron chi connectivity index (χ0n) is 12.9. The Balaban J connectivity index is 0. The van der Waals surface area contributed by atoms with Crippen LogP contribution in [0, 0.1) is 0 Å². The summed E-state index contributed by atoms with van der Waals surface area (Å²) >= 11 is 3.24. The normalized spacial score (nSPS) is 14.5. The Bertz CT molecular complexity index is 512. The number of hydrogen-bond acceptors (Lipinski definition) is 5. The van der Waals surface area contributed by atoms with Gasteiger partial charge in [0.25, 0.3) is 5.91 Å². The van der Waals surface area contributed by atoms with Crippen molar-refractivity contribution >= 4 is 26.1 Å².